The molecule has 2 rings (SSSR count). The molecule has 0 aliphatic heterocycles. The second-order valence-electron chi connectivity index (χ2n) is 4.28. The molecule has 3 nitrogen and oxygen atoms in total. The first-order valence-corrected chi connectivity index (χ1v) is 5.80. The van der Waals surface area contributed by atoms with Crippen molar-refractivity contribution in [1.82, 2.24) is 0 Å². The SMILES string of the molecule is O=C(O)Cc1cc(F)cc(-c2cccc(CO)c2)c1. The van der Waals surface area contributed by atoms with E-state index in [1.165, 1.54) is 12.1 Å². The van der Waals surface area contributed by atoms with E-state index >= 15 is 0 Å². The number of rotatable bonds is 4. The zero-order valence-electron chi connectivity index (χ0n) is 10.1. The number of hydrogen-bond acceptors (Lipinski definition) is 2. The Kier molecular flexibility index (Phi) is 3.92. The fourth-order valence-electron chi connectivity index (χ4n) is 1.94. The highest BCUT2D eigenvalue weighted by atomic mass is 19.1. The van der Waals surface area contributed by atoms with E-state index in [4.69, 9.17) is 10.2 Å². The van der Waals surface area contributed by atoms with Crippen molar-refractivity contribution in [3.05, 3.63) is 59.4 Å². The number of benzene rings is 2. The van der Waals surface area contributed by atoms with Gasteiger partial charge in [-0.15, -0.1) is 0 Å². The summed E-state index contributed by atoms with van der Waals surface area (Å²) in [6.45, 7) is -0.0921. The van der Waals surface area contributed by atoms with Crippen LogP contribution in [0.15, 0.2) is 42.5 Å². The van der Waals surface area contributed by atoms with Crippen molar-refractivity contribution in [2.45, 2.75) is 13.0 Å². The molecule has 0 unspecified atom stereocenters. The summed E-state index contributed by atoms with van der Waals surface area (Å²) in [5, 5.41) is 17.8. The molecule has 4 heteroatoms. The molecule has 0 saturated heterocycles. The first-order chi connectivity index (χ1) is 9.08. The number of carboxylic acid groups (broad SMARTS) is 1. The molecule has 0 atom stereocenters. The van der Waals surface area contributed by atoms with Crippen molar-refractivity contribution < 1.29 is 19.4 Å². The highest BCUT2D eigenvalue weighted by Gasteiger charge is 2.07. The fraction of sp³-hybridized carbons (Fsp3) is 0.133. The molecule has 0 amide bonds. The molecule has 2 aromatic carbocycles. The molecule has 0 aliphatic carbocycles. The number of halogens is 1. The Balaban J connectivity index is 2.43. The minimum atomic E-state index is -0.999. The van der Waals surface area contributed by atoms with Gasteiger partial charge in [-0.05, 0) is 40.5 Å². The Morgan fingerprint density at radius 2 is 1.79 bits per heavy atom. The van der Waals surface area contributed by atoms with Crippen LogP contribution in [-0.4, -0.2) is 16.2 Å². The standard InChI is InChI=1S/C15H13FO3/c16-14-6-11(7-15(18)19)5-13(8-14)12-3-1-2-10(4-12)9-17/h1-6,8,17H,7,9H2,(H,18,19). The number of hydrogen-bond donors (Lipinski definition) is 2. The Morgan fingerprint density at radius 3 is 2.47 bits per heavy atom. The summed E-state index contributed by atoms with van der Waals surface area (Å²) >= 11 is 0. The van der Waals surface area contributed by atoms with Crippen LogP contribution in [0.2, 0.25) is 0 Å². The predicted octanol–water partition coefficient (Wildman–Crippen LogP) is 2.61. The summed E-state index contributed by atoms with van der Waals surface area (Å²) in [5.41, 5.74) is 2.49. The van der Waals surface area contributed by atoms with Crippen molar-refractivity contribution in [2.75, 3.05) is 0 Å². The number of carboxylic acids is 1. The smallest absolute Gasteiger partial charge is 0.307 e. The second kappa shape index (κ2) is 5.63. The van der Waals surface area contributed by atoms with Gasteiger partial charge in [0.1, 0.15) is 5.82 Å². The Hall–Kier alpha value is -2.20. The van der Waals surface area contributed by atoms with Crippen molar-refractivity contribution in [2.24, 2.45) is 0 Å². The summed E-state index contributed by atoms with van der Waals surface area (Å²) in [4.78, 5) is 10.7. The van der Waals surface area contributed by atoms with Crippen LogP contribution in [0.1, 0.15) is 11.1 Å². The largest absolute Gasteiger partial charge is 0.481 e. The number of aliphatic hydroxyl groups is 1. The van der Waals surface area contributed by atoms with Crippen LogP contribution in [-0.2, 0) is 17.8 Å². The van der Waals surface area contributed by atoms with Crippen LogP contribution < -0.4 is 0 Å². The first kappa shape index (κ1) is 13.2. The molecule has 2 aromatic rings. The van der Waals surface area contributed by atoms with E-state index in [1.54, 1.807) is 30.3 Å². The van der Waals surface area contributed by atoms with Crippen LogP contribution >= 0.6 is 0 Å². The lowest BCUT2D eigenvalue weighted by Crippen LogP contribution is -2.00. The maximum absolute atomic E-state index is 13.5. The molecule has 0 spiro atoms. The normalized spacial score (nSPS) is 10.4. The van der Waals surface area contributed by atoms with E-state index in [2.05, 4.69) is 0 Å². The predicted molar refractivity (Wildman–Crippen MR) is 69.1 cm³/mol. The van der Waals surface area contributed by atoms with Gasteiger partial charge in [0.25, 0.3) is 0 Å². The van der Waals surface area contributed by atoms with Crippen LogP contribution in [0.25, 0.3) is 11.1 Å². The topological polar surface area (TPSA) is 57.5 Å². The fourth-order valence-corrected chi connectivity index (χ4v) is 1.94. The molecular formula is C15H13FO3. The third kappa shape index (κ3) is 3.39. The van der Waals surface area contributed by atoms with Crippen molar-refractivity contribution in [3.63, 3.8) is 0 Å². The molecule has 0 heterocycles. The van der Waals surface area contributed by atoms with E-state index in [0.717, 1.165) is 11.1 Å². The maximum atomic E-state index is 13.5. The lowest BCUT2D eigenvalue weighted by molar-refractivity contribution is -0.136. The summed E-state index contributed by atoms with van der Waals surface area (Å²) in [6.07, 6.45) is -0.218. The van der Waals surface area contributed by atoms with Crippen LogP contribution in [0.3, 0.4) is 0 Å². The molecule has 98 valence electrons. The number of aliphatic carboxylic acids is 1. The minimum absolute atomic E-state index is 0.0921. The summed E-state index contributed by atoms with van der Waals surface area (Å²) < 4.78 is 13.5. The lowest BCUT2D eigenvalue weighted by atomic mass is 10.00. The van der Waals surface area contributed by atoms with Crippen LogP contribution in [0.5, 0.6) is 0 Å². The molecule has 0 bridgehead atoms. The molecule has 0 aromatic heterocycles. The minimum Gasteiger partial charge on any atom is -0.481 e. The average molecular weight is 260 g/mol. The quantitative estimate of drug-likeness (QED) is 0.888. The summed E-state index contributed by atoms with van der Waals surface area (Å²) in [6, 6.07) is 11.3. The van der Waals surface area contributed by atoms with Gasteiger partial charge in [0.2, 0.25) is 0 Å². The molecule has 0 radical (unpaired) electrons. The highest BCUT2D eigenvalue weighted by molar-refractivity contribution is 5.72. The van der Waals surface area contributed by atoms with E-state index in [1.807, 2.05) is 0 Å². The van der Waals surface area contributed by atoms with Gasteiger partial charge < -0.3 is 10.2 Å². The van der Waals surface area contributed by atoms with E-state index < -0.39 is 11.8 Å². The number of carbonyl (C=O) groups is 1. The van der Waals surface area contributed by atoms with Gasteiger partial charge in [0, 0.05) is 0 Å². The zero-order valence-corrected chi connectivity index (χ0v) is 10.1. The van der Waals surface area contributed by atoms with Gasteiger partial charge in [0.05, 0.1) is 13.0 Å². The molecule has 19 heavy (non-hydrogen) atoms. The van der Waals surface area contributed by atoms with Gasteiger partial charge >= 0.3 is 5.97 Å². The number of aliphatic hydroxyl groups excluding tert-OH is 1. The van der Waals surface area contributed by atoms with Gasteiger partial charge in [-0.2, -0.15) is 0 Å². The molecular weight excluding hydrogens is 247 g/mol. The van der Waals surface area contributed by atoms with Crippen LogP contribution in [0.4, 0.5) is 4.39 Å². The van der Waals surface area contributed by atoms with E-state index in [0.29, 0.717) is 11.1 Å². The molecule has 2 N–H and O–H groups in total. The van der Waals surface area contributed by atoms with Gasteiger partial charge in [-0.1, -0.05) is 24.3 Å². The van der Waals surface area contributed by atoms with Crippen molar-refractivity contribution >= 4 is 5.97 Å². The van der Waals surface area contributed by atoms with Crippen LogP contribution in [0, 0.1) is 5.82 Å². The van der Waals surface area contributed by atoms with Crippen molar-refractivity contribution in [1.29, 1.82) is 0 Å². The first-order valence-electron chi connectivity index (χ1n) is 5.80. The van der Waals surface area contributed by atoms with Gasteiger partial charge in [0.15, 0.2) is 0 Å². The highest BCUT2D eigenvalue weighted by Crippen LogP contribution is 2.23. The Morgan fingerprint density at radius 1 is 1.05 bits per heavy atom. The van der Waals surface area contributed by atoms with Gasteiger partial charge in [-0.3, -0.25) is 4.79 Å². The zero-order chi connectivity index (χ0) is 13.8. The monoisotopic (exact) mass is 260 g/mol. The Bertz CT molecular complexity index is 608. The van der Waals surface area contributed by atoms with E-state index in [9.17, 15) is 9.18 Å². The van der Waals surface area contributed by atoms with Crippen molar-refractivity contribution in [3.8, 4) is 11.1 Å². The second-order valence-corrected chi connectivity index (χ2v) is 4.28. The molecule has 0 aliphatic rings. The third-order valence-corrected chi connectivity index (χ3v) is 2.76. The van der Waals surface area contributed by atoms with Gasteiger partial charge in [-0.25, -0.2) is 4.39 Å². The average Bonchev–Trinajstić information content (AvgIpc) is 2.37. The maximum Gasteiger partial charge on any atom is 0.307 e. The lowest BCUT2D eigenvalue weighted by Gasteiger charge is -2.06. The molecule has 0 fully saturated rings. The summed E-state index contributed by atoms with van der Waals surface area (Å²) in [7, 11) is 0. The summed E-state index contributed by atoms with van der Waals surface area (Å²) in [5.74, 6) is -1.47. The molecule has 0 saturated carbocycles. The van der Waals surface area contributed by atoms with E-state index in [-0.39, 0.29) is 13.0 Å². The Labute approximate surface area is 109 Å². The third-order valence-electron chi connectivity index (χ3n) is 2.76.